The molecule has 1 unspecified atom stereocenters. The number of carboxylic acid groups (broad SMARTS) is 1. The van der Waals surface area contributed by atoms with E-state index in [4.69, 9.17) is 4.74 Å². The molecule has 0 spiro atoms. The van der Waals surface area contributed by atoms with E-state index < -0.39 is 12.1 Å². The molecule has 0 aliphatic heterocycles. The van der Waals surface area contributed by atoms with Crippen molar-refractivity contribution in [3.05, 3.63) is 47.0 Å². The largest absolute Gasteiger partial charge is 0.506 e. The molecule has 0 saturated carbocycles. The zero-order valence-electron chi connectivity index (χ0n) is 15.1. The number of aromatic nitrogens is 2. The number of hydrogen-bond acceptors (Lipinski definition) is 5. The summed E-state index contributed by atoms with van der Waals surface area (Å²) in [5.41, 5.74) is 2.10. The van der Waals surface area contributed by atoms with Gasteiger partial charge in [0.15, 0.2) is 0 Å². The molecule has 2 rings (SSSR count). The standard InChI is InChI=1S/C19H24N2O4/c1-10(2)17-15(22)6-13(8-20-17)12(5)25-16-7-14(19(23)24)9-21-18(16)11(3)4/h6-12,22H,1-5H3,(H,23,24). The van der Waals surface area contributed by atoms with Gasteiger partial charge in [0, 0.05) is 18.0 Å². The molecular formula is C19H24N2O4. The minimum absolute atomic E-state index is 0.0720. The van der Waals surface area contributed by atoms with E-state index in [0.717, 1.165) is 0 Å². The van der Waals surface area contributed by atoms with E-state index in [9.17, 15) is 15.0 Å². The Bertz CT molecular complexity index is 772. The molecule has 0 fully saturated rings. The molecule has 0 bridgehead atoms. The van der Waals surface area contributed by atoms with E-state index in [-0.39, 0.29) is 23.1 Å². The predicted molar refractivity (Wildman–Crippen MR) is 94.3 cm³/mol. The first-order chi connectivity index (χ1) is 11.7. The van der Waals surface area contributed by atoms with Crippen LogP contribution in [0.4, 0.5) is 0 Å². The van der Waals surface area contributed by atoms with Crippen molar-refractivity contribution in [3.63, 3.8) is 0 Å². The van der Waals surface area contributed by atoms with Crippen LogP contribution in [0.15, 0.2) is 24.5 Å². The number of pyridine rings is 2. The van der Waals surface area contributed by atoms with E-state index >= 15 is 0 Å². The normalized spacial score (nSPS) is 12.4. The number of ether oxygens (including phenoxy) is 1. The lowest BCUT2D eigenvalue weighted by Gasteiger charge is -2.19. The molecule has 0 amide bonds. The van der Waals surface area contributed by atoms with Crippen LogP contribution in [0.2, 0.25) is 0 Å². The Kier molecular flexibility index (Phi) is 5.62. The first-order valence-electron chi connectivity index (χ1n) is 8.29. The van der Waals surface area contributed by atoms with Crippen LogP contribution in [0.1, 0.15) is 79.9 Å². The Balaban J connectivity index is 2.33. The zero-order valence-corrected chi connectivity index (χ0v) is 15.1. The van der Waals surface area contributed by atoms with Gasteiger partial charge in [-0.1, -0.05) is 27.7 Å². The highest BCUT2D eigenvalue weighted by Gasteiger charge is 2.18. The van der Waals surface area contributed by atoms with Crippen LogP contribution in [0, 0.1) is 0 Å². The average Bonchev–Trinajstić information content (AvgIpc) is 2.53. The van der Waals surface area contributed by atoms with Crippen LogP contribution in [0.5, 0.6) is 11.5 Å². The molecule has 2 heterocycles. The monoisotopic (exact) mass is 344 g/mol. The summed E-state index contributed by atoms with van der Waals surface area (Å²) in [5, 5.41) is 19.3. The van der Waals surface area contributed by atoms with Gasteiger partial charge in [-0.3, -0.25) is 9.97 Å². The van der Waals surface area contributed by atoms with Gasteiger partial charge in [-0.2, -0.15) is 0 Å². The molecule has 0 aromatic carbocycles. The van der Waals surface area contributed by atoms with Crippen molar-refractivity contribution >= 4 is 5.97 Å². The van der Waals surface area contributed by atoms with Gasteiger partial charge < -0.3 is 14.9 Å². The van der Waals surface area contributed by atoms with Crippen LogP contribution in [-0.4, -0.2) is 26.2 Å². The van der Waals surface area contributed by atoms with Gasteiger partial charge >= 0.3 is 5.97 Å². The molecule has 0 aliphatic carbocycles. The highest BCUT2D eigenvalue weighted by Crippen LogP contribution is 2.31. The second kappa shape index (κ2) is 7.51. The number of aromatic carboxylic acids is 1. The van der Waals surface area contributed by atoms with Crippen LogP contribution >= 0.6 is 0 Å². The van der Waals surface area contributed by atoms with Crippen molar-refractivity contribution in [2.24, 2.45) is 0 Å². The van der Waals surface area contributed by atoms with Crippen LogP contribution in [0.3, 0.4) is 0 Å². The minimum atomic E-state index is -1.05. The van der Waals surface area contributed by atoms with Crippen LogP contribution in [0.25, 0.3) is 0 Å². The highest BCUT2D eigenvalue weighted by molar-refractivity contribution is 5.87. The first-order valence-corrected chi connectivity index (χ1v) is 8.29. The predicted octanol–water partition coefficient (Wildman–Crippen LogP) is 4.27. The van der Waals surface area contributed by atoms with E-state index in [1.807, 2.05) is 34.6 Å². The number of hydrogen-bond donors (Lipinski definition) is 2. The summed E-state index contributed by atoms with van der Waals surface area (Å²) >= 11 is 0. The lowest BCUT2D eigenvalue weighted by molar-refractivity contribution is 0.0695. The van der Waals surface area contributed by atoms with Crippen molar-refractivity contribution in [3.8, 4) is 11.5 Å². The van der Waals surface area contributed by atoms with Gasteiger partial charge in [-0.15, -0.1) is 0 Å². The van der Waals surface area contributed by atoms with Gasteiger partial charge in [-0.25, -0.2) is 4.79 Å². The third-order valence-electron chi connectivity index (χ3n) is 3.91. The molecule has 134 valence electrons. The third-order valence-corrected chi connectivity index (χ3v) is 3.91. The fourth-order valence-electron chi connectivity index (χ4n) is 2.51. The number of rotatable bonds is 6. The Morgan fingerprint density at radius 3 is 2.12 bits per heavy atom. The second-order valence-corrected chi connectivity index (χ2v) is 6.66. The molecule has 0 aliphatic rings. The molecule has 6 nitrogen and oxygen atoms in total. The summed E-state index contributed by atoms with van der Waals surface area (Å²) in [6.07, 6.45) is 2.59. The maximum atomic E-state index is 11.2. The van der Waals surface area contributed by atoms with Crippen LogP contribution in [-0.2, 0) is 0 Å². The van der Waals surface area contributed by atoms with Crippen molar-refractivity contribution in [2.75, 3.05) is 0 Å². The Labute approximate surface area is 147 Å². The summed E-state index contributed by atoms with van der Waals surface area (Å²) in [6, 6.07) is 3.12. The highest BCUT2D eigenvalue weighted by atomic mass is 16.5. The van der Waals surface area contributed by atoms with Crippen LogP contribution < -0.4 is 4.74 Å². The SMILES string of the molecule is CC(C)c1ncc(C(C)Oc2cc(C(=O)O)cnc2C(C)C)cc1O. The molecule has 1 atom stereocenters. The van der Waals surface area contributed by atoms with E-state index in [0.29, 0.717) is 22.7 Å². The van der Waals surface area contributed by atoms with Gasteiger partial charge in [-0.05, 0) is 30.9 Å². The zero-order chi connectivity index (χ0) is 18.7. The number of carboxylic acids is 1. The molecular weight excluding hydrogens is 320 g/mol. The summed E-state index contributed by atoms with van der Waals surface area (Å²) in [5.74, 6) is -0.297. The maximum Gasteiger partial charge on any atom is 0.337 e. The van der Waals surface area contributed by atoms with Gasteiger partial charge in [0.2, 0.25) is 0 Å². The Morgan fingerprint density at radius 1 is 1.00 bits per heavy atom. The van der Waals surface area contributed by atoms with Crippen molar-refractivity contribution < 1.29 is 19.7 Å². The summed E-state index contributed by atoms with van der Waals surface area (Å²) in [6.45, 7) is 9.67. The maximum absolute atomic E-state index is 11.2. The van der Waals surface area contributed by atoms with Gasteiger partial charge in [0.1, 0.15) is 17.6 Å². The molecule has 0 saturated heterocycles. The topological polar surface area (TPSA) is 92.5 Å². The molecule has 2 aromatic heterocycles. The van der Waals surface area contributed by atoms with E-state index in [1.165, 1.54) is 12.3 Å². The smallest absolute Gasteiger partial charge is 0.337 e. The van der Waals surface area contributed by atoms with Crippen molar-refractivity contribution in [2.45, 2.75) is 52.6 Å². The molecule has 6 heteroatoms. The lowest BCUT2D eigenvalue weighted by Crippen LogP contribution is -2.09. The fourth-order valence-corrected chi connectivity index (χ4v) is 2.51. The van der Waals surface area contributed by atoms with Gasteiger partial charge in [0.05, 0.1) is 17.0 Å². The number of aromatic hydroxyl groups is 1. The molecule has 25 heavy (non-hydrogen) atoms. The van der Waals surface area contributed by atoms with Crippen molar-refractivity contribution in [1.82, 2.24) is 9.97 Å². The molecule has 0 radical (unpaired) electrons. The Morgan fingerprint density at radius 2 is 1.60 bits per heavy atom. The second-order valence-electron chi connectivity index (χ2n) is 6.66. The summed E-state index contributed by atoms with van der Waals surface area (Å²) in [4.78, 5) is 19.7. The first kappa shape index (κ1) is 18.7. The van der Waals surface area contributed by atoms with E-state index in [1.54, 1.807) is 12.3 Å². The summed E-state index contributed by atoms with van der Waals surface area (Å²) < 4.78 is 5.96. The average molecular weight is 344 g/mol. The fraction of sp³-hybridized carbons (Fsp3) is 0.421. The Hall–Kier alpha value is -2.63. The number of carbonyl (C=O) groups is 1. The summed E-state index contributed by atoms with van der Waals surface area (Å²) in [7, 11) is 0. The quantitative estimate of drug-likeness (QED) is 0.813. The minimum Gasteiger partial charge on any atom is -0.506 e. The third kappa shape index (κ3) is 4.26. The van der Waals surface area contributed by atoms with Gasteiger partial charge in [0.25, 0.3) is 0 Å². The number of nitrogens with zero attached hydrogens (tertiary/aromatic N) is 2. The lowest BCUT2D eigenvalue weighted by atomic mass is 10.1. The van der Waals surface area contributed by atoms with E-state index in [2.05, 4.69) is 9.97 Å². The van der Waals surface area contributed by atoms with Crippen molar-refractivity contribution in [1.29, 1.82) is 0 Å². The molecule has 2 aromatic rings. The molecule has 2 N–H and O–H groups in total.